The van der Waals surface area contributed by atoms with Crippen LogP contribution in [0.25, 0.3) is 0 Å². The van der Waals surface area contributed by atoms with Crippen molar-refractivity contribution >= 4 is 5.91 Å². The fourth-order valence-electron chi connectivity index (χ4n) is 3.64. The molecule has 0 saturated carbocycles. The van der Waals surface area contributed by atoms with Crippen LogP contribution in [0.3, 0.4) is 0 Å². The zero-order valence-electron chi connectivity index (χ0n) is 15.5. The van der Waals surface area contributed by atoms with Crippen LogP contribution in [0.2, 0.25) is 0 Å². The lowest BCUT2D eigenvalue weighted by Crippen LogP contribution is -2.55. The van der Waals surface area contributed by atoms with Gasteiger partial charge in [-0.1, -0.05) is 30.3 Å². The number of carbonyl (C=O) groups is 1. The lowest BCUT2D eigenvalue weighted by molar-refractivity contribution is 0.0412. The Kier molecular flexibility index (Phi) is 6.79. The highest BCUT2D eigenvalue weighted by Crippen LogP contribution is 2.20. The van der Waals surface area contributed by atoms with Gasteiger partial charge in [0, 0.05) is 38.5 Å². The van der Waals surface area contributed by atoms with E-state index < -0.39 is 0 Å². The van der Waals surface area contributed by atoms with Crippen LogP contribution in [-0.2, 0) is 6.42 Å². The molecule has 0 bridgehead atoms. The van der Waals surface area contributed by atoms with Crippen molar-refractivity contribution in [1.29, 1.82) is 0 Å². The summed E-state index contributed by atoms with van der Waals surface area (Å²) < 4.78 is 0. The minimum Gasteiger partial charge on any atom is -0.505 e. The van der Waals surface area contributed by atoms with Crippen molar-refractivity contribution < 1.29 is 15.0 Å². The van der Waals surface area contributed by atoms with E-state index >= 15 is 0 Å². The summed E-state index contributed by atoms with van der Waals surface area (Å²) >= 11 is 0. The van der Waals surface area contributed by atoms with Gasteiger partial charge in [-0.05, 0) is 43.5 Å². The van der Waals surface area contributed by atoms with E-state index in [-0.39, 0.29) is 30.0 Å². The zero-order valence-corrected chi connectivity index (χ0v) is 15.5. The Morgan fingerprint density at radius 2 is 1.96 bits per heavy atom. The van der Waals surface area contributed by atoms with Crippen LogP contribution in [0.4, 0.5) is 0 Å². The van der Waals surface area contributed by atoms with Gasteiger partial charge in [-0.2, -0.15) is 0 Å². The van der Waals surface area contributed by atoms with Gasteiger partial charge in [0.2, 0.25) is 0 Å². The third-order valence-electron chi connectivity index (χ3n) is 5.10. The Morgan fingerprint density at radius 1 is 1.15 bits per heavy atom. The van der Waals surface area contributed by atoms with Crippen LogP contribution in [0.1, 0.15) is 28.9 Å². The maximum atomic E-state index is 12.7. The summed E-state index contributed by atoms with van der Waals surface area (Å²) in [4.78, 5) is 20.8. The number of benzene rings is 1. The molecule has 0 spiro atoms. The van der Waals surface area contributed by atoms with E-state index in [0.717, 1.165) is 25.9 Å². The van der Waals surface area contributed by atoms with Crippen LogP contribution in [0, 0.1) is 0 Å². The largest absolute Gasteiger partial charge is 0.505 e. The molecular weight excluding hydrogens is 342 g/mol. The van der Waals surface area contributed by atoms with Crippen LogP contribution in [0.5, 0.6) is 5.75 Å². The molecule has 0 aliphatic carbocycles. The second-order valence-electron chi connectivity index (χ2n) is 6.91. The number of aliphatic hydroxyl groups excluding tert-OH is 1. The first-order valence-corrected chi connectivity index (χ1v) is 9.51. The minimum absolute atomic E-state index is 0.0912. The number of hydrogen-bond donors (Lipinski definition) is 2. The van der Waals surface area contributed by atoms with Gasteiger partial charge >= 0.3 is 0 Å². The summed E-state index contributed by atoms with van der Waals surface area (Å²) in [5.74, 6) is -0.341. The molecule has 1 aromatic heterocycles. The molecule has 1 aliphatic rings. The molecule has 2 N–H and O–H groups in total. The lowest BCUT2D eigenvalue weighted by atomic mass is 10.1. The number of amides is 1. The van der Waals surface area contributed by atoms with Crippen molar-refractivity contribution in [2.75, 3.05) is 32.8 Å². The lowest BCUT2D eigenvalue weighted by Gasteiger charge is -2.41. The highest BCUT2D eigenvalue weighted by molar-refractivity contribution is 5.94. The van der Waals surface area contributed by atoms with Crippen molar-refractivity contribution in [2.45, 2.75) is 25.3 Å². The van der Waals surface area contributed by atoms with E-state index in [1.807, 2.05) is 6.07 Å². The fraction of sp³-hybridized carbons (Fsp3) is 0.429. The molecule has 1 amide bonds. The Labute approximate surface area is 160 Å². The number of rotatable bonds is 7. The van der Waals surface area contributed by atoms with E-state index in [9.17, 15) is 15.0 Å². The predicted octanol–water partition coefficient (Wildman–Crippen LogP) is 1.93. The molecule has 6 nitrogen and oxygen atoms in total. The minimum atomic E-state index is -0.250. The number of pyridine rings is 1. The summed E-state index contributed by atoms with van der Waals surface area (Å²) in [6.07, 6.45) is 4.20. The third-order valence-corrected chi connectivity index (χ3v) is 5.10. The number of carbonyl (C=O) groups excluding carboxylic acids is 1. The van der Waals surface area contributed by atoms with E-state index in [0.29, 0.717) is 19.5 Å². The fourth-order valence-corrected chi connectivity index (χ4v) is 3.64. The molecule has 144 valence electrons. The maximum absolute atomic E-state index is 12.7. The molecular formula is C21H27N3O3. The summed E-state index contributed by atoms with van der Waals surface area (Å²) in [7, 11) is 0. The van der Waals surface area contributed by atoms with Crippen molar-refractivity contribution in [2.24, 2.45) is 0 Å². The summed E-state index contributed by atoms with van der Waals surface area (Å²) in [6.45, 7) is 2.94. The molecule has 0 unspecified atom stereocenters. The molecule has 1 saturated heterocycles. The average Bonchev–Trinajstić information content (AvgIpc) is 2.70. The van der Waals surface area contributed by atoms with E-state index in [1.54, 1.807) is 11.0 Å². The SMILES string of the molecule is O=C(c1ncccc1O)N1CCN(CCCc2ccccc2)[C@H](CCO)C1. The summed E-state index contributed by atoms with van der Waals surface area (Å²) in [5, 5.41) is 19.3. The smallest absolute Gasteiger partial charge is 0.276 e. The number of aliphatic hydroxyl groups is 1. The first-order valence-electron chi connectivity index (χ1n) is 9.51. The number of piperazine rings is 1. The molecule has 6 heteroatoms. The molecule has 0 radical (unpaired) electrons. The second-order valence-corrected chi connectivity index (χ2v) is 6.91. The molecule has 2 aromatic rings. The standard InChI is InChI=1S/C21H27N3O3/c25-15-10-18-16-24(21(27)20-19(26)9-4-11-22-20)14-13-23(18)12-5-8-17-6-2-1-3-7-17/h1-4,6-7,9,11,18,25-26H,5,8,10,12-16H2/t18-/m1/s1. The highest BCUT2D eigenvalue weighted by Gasteiger charge is 2.30. The van der Waals surface area contributed by atoms with Crippen molar-refractivity contribution in [3.63, 3.8) is 0 Å². The third kappa shape index (κ3) is 5.05. The van der Waals surface area contributed by atoms with Gasteiger partial charge in [-0.25, -0.2) is 4.98 Å². The monoisotopic (exact) mass is 369 g/mol. The summed E-state index contributed by atoms with van der Waals surface area (Å²) in [5.41, 5.74) is 1.42. The van der Waals surface area contributed by atoms with Crippen LogP contribution in [0.15, 0.2) is 48.7 Å². The Bertz CT molecular complexity index is 738. The topological polar surface area (TPSA) is 76.9 Å². The number of aromatic hydroxyl groups is 1. The molecule has 1 fully saturated rings. The van der Waals surface area contributed by atoms with Crippen LogP contribution < -0.4 is 0 Å². The van der Waals surface area contributed by atoms with Gasteiger partial charge in [0.25, 0.3) is 5.91 Å². The Hall–Kier alpha value is -2.44. The molecule has 1 atom stereocenters. The quantitative estimate of drug-likeness (QED) is 0.780. The average molecular weight is 369 g/mol. The van der Waals surface area contributed by atoms with Gasteiger partial charge < -0.3 is 15.1 Å². The molecule has 2 heterocycles. The van der Waals surface area contributed by atoms with Gasteiger partial charge in [-0.3, -0.25) is 9.69 Å². The van der Waals surface area contributed by atoms with Crippen LogP contribution >= 0.6 is 0 Å². The first-order chi connectivity index (χ1) is 13.2. The van der Waals surface area contributed by atoms with E-state index in [2.05, 4.69) is 34.1 Å². The zero-order chi connectivity index (χ0) is 19.1. The number of hydrogen-bond acceptors (Lipinski definition) is 5. The Balaban J connectivity index is 1.58. The normalized spacial score (nSPS) is 17.8. The van der Waals surface area contributed by atoms with Crippen molar-refractivity contribution in [1.82, 2.24) is 14.8 Å². The van der Waals surface area contributed by atoms with Crippen molar-refractivity contribution in [3.05, 3.63) is 59.9 Å². The summed E-state index contributed by atoms with van der Waals surface area (Å²) in [6, 6.07) is 13.6. The number of nitrogens with zero attached hydrogens (tertiary/aromatic N) is 3. The first kappa shape index (κ1) is 19.3. The predicted molar refractivity (Wildman–Crippen MR) is 104 cm³/mol. The van der Waals surface area contributed by atoms with Gasteiger partial charge in [-0.15, -0.1) is 0 Å². The van der Waals surface area contributed by atoms with Gasteiger partial charge in [0.1, 0.15) is 5.75 Å². The molecule has 3 rings (SSSR count). The van der Waals surface area contributed by atoms with E-state index in [1.165, 1.54) is 17.8 Å². The molecule has 1 aliphatic heterocycles. The second kappa shape index (κ2) is 9.48. The Morgan fingerprint density at radius 3 is 2.70 bits per heavy atom. The van der Waals surface area contributed by atoms with Gasteiger partial charge in [0.15, 0.2) is 5.69 Å². The molecule has 1 aromatic carbocycles. The maximum Gasteiger partial charge on any atom is 0.276 e. The molecule has 27 heavy (non-hydrogen) atoms. The van der Waals surface area contributed by atoms with Crippen LogP contribution in [-0.4, -0.2) is 69.7 Å². The van der Waals surface area contributed by atoms with Crippen molar-refractivity contribution in [3.8, 4) is 5.75 Å². The van der Waals surface area contributed by atoms with E-state index in [4.69, 9.17) is 0 Å². The highest BCUT2D eigenvalue weighted by atomic mass is 16.3. The number of aromatic nitrogens is 1. The van der Waals surface area contributed by atoms with Gasteiger partial charge in [0.05, 0.1) is 0 Å². The number of aryl methyl sites for hydroxylation is 1.